The molecular formula is C14H16O4. The van der Waals surface area contributed by atoms with Gasteiger partial charge in [0.05, 0.1) is 12.0 Å². The average molecular weight is 248 g/mol. The Kier molecular flexibility index (Phi) is 2.74. The molecule has 4 nitrogen and oxygen atoms in total. The van der Waals surface area contributed by atoms with Crippen LogP contribution < -0.4 is 9.47 Å². The van der Waals surface area contributed by atoms with Crippen molar-refractivity contribution in [2.45, 2.75) is 19.3 Å². The van der Waals surface area contributed by atoms with Gasteiger partial charge in [-0.2, -0.15) is 0 Å². The van der Waals surface area contributed by atoms with Gasteiger partial charge in [0.25, 0.3) is 0 Å². The van der Waals surface area contributed by atoms with Crippen LogP contribution in [0.4, 0.5) is 0 Å². The highest BCUT2D eigenvalue weighted by atomic mass is 16.6. The summed E-state index contributed by atoms with van der Waals surface area (Å²) >= 11 is 0. The number of hydrogen-bond donors (Lipinski definition) is 1. The summed E-state index contributed by atoms with van der Waals surface area (Å²) in [6, 6.07) is 5.25. The van der Waals surface area contributed by atoms with Gasteiger partial charge >= 0.3 is 0 Å². The van der Waals surface area contributed by atoms with Gasteiger partial charge in [0, 0.05) is 5.56 Å². The van der Waals surface area contributed by atoms with Crippen LogP contribution in [0.3, 0.4) is 0 Å². The van der Waals surface area contributed by atoms with Crippen molar-refractivity contribution in [2.24, 2.45) is 5.41 Å². The van der Waals surface area contributed by atoms with E-state index in [1.807, 2.05) is 0 Å². The van der Waals surface area contributed by atoms with Gasteiger partial charge in [-0.3, -0.25) is 4.79 Å². The molecule has 3 rings (SSSR count). The van der Waals surface area contributed by atoms with Crippen LogP contribution in [0.1, 0.15) is 29.6 Å². The molecule has 0 amide bonds. The van der Waals surface area contributed by atoms with E-state index in [-0.39, 0.29) is 12.4 Å². The van der Waals surface area contributed by atoms with E-state index in [9.17, 15) is 9.90 Å². The molecule has 0 radical (unpaired) electrons. The predicted molar refractivity (Wildman–Crippen MR) is 65.1 cm³/mol. The zero-order valence-corrected chi connectivity index (χ0v) is 10.1. The Morgan fingerprint density at radius 3 is 2.56 bits per heavy atom. The summed E-state index contributed by atoms with van der Waals surface area (Å²) in [5.74, 6) is 1.33. The van der Waals surface area contributed by atoms with Crippen LogP contribution in [0.2, 0.25) is 0 Å². The molecule has 1 N–H and O–H groups in total. The molecule has 0 saturated heterocycles. The largest absolute Gasteiger partial charge is 0.486 e. The molecule has 1 aliphatic carbocycles. The topological polar surface area (TPSA) is 55.8 Å². The van der Waals surface area contributed by atoms with E-state index in [4.69, 9.17) is 9.47 Å². The smallest absolute Gasteiger partial charge is 0.171 e. The van der Waals surface area contributed by atoms with Crippen LogP contribution in [-0.2, 0) is 0 Å². The summed E-state index contributed by atoms with van der Waals surface area (Å²) < 4.78 is 10.9. The van der Waals surface area contributed by atoms with Gasteiger partial charge in [0.1, 0.15) is 13.2 Å². The first-order valence-electron chi connectivity index (χ1n) is 6.30. The van der Waals surface area contributed by atoms with E-state index in [0.717, 1.165) is 19.3 Å². The Labute approximate surface area is 106 Å². The maximum absolute atomic E-state index is 12.4. The fourth-order valence-electron chi connectivity index (χ4n) is 2.55. The van der Waals surface area contributed by atoms with Crippen molar-refractivity contribution in [2.75, 3.05) is 19.8 Å². The van der Waals surface area contributed by atoms with Gasteiger partial charge in [0.15, 0.2) is 17.3 Å². The van der Waals surface area contributed by atoms with Gasteiger partial charge in [-0.25, -0.2) is 0 Å². The fraction of sp³-hybridized carbons (Fsp3) is 0.500. The van der Waals surface area contributed by atoms with Crippen LogP contribution in [-0.4, -0.2) is 30.7 Å². The van der Waals surface area contributed by atoms with E-state index < -0.39 is 5.41 Å². The van der Waals surface area contributed by atoms with Crippen molar-refractivity contribution in [3.63, 3.8) is 0 Å². The molecule has 0 atom stereocenters. The molecule has 2 aliphatic rings. The zero-order valence-electron chi connectivity index (χ0n) is 10.1. The number of carbonyl (C=O) groups is 1. The highest BCUT2D eigenvalue weighted by molar-refractivity contribution is 6.01. The second kappa shape index (κ2) is 4.28. The van der Waals surface area contributed by atoms with E-state index in [2.05, 4.69) is 0 Å². The highest BCUT2D eigenvalue weighted by Gasteiger charge is 2.43. The molecule has 0 aromatic heterocycles. The monoisotopic (exact) mass is 248 g/mol. The fourth-order valence-corrected chi connectivity index (χ4v) is 2.55. The van der Waals surface area contributed by atoms with Crippen LogP contribution >= 0.6 is 0 Å². The van der Waals surface area contributed by atoms with Crippen molar-refractivity contribution in [1.82, 2.24) is 0 Å². The molecule has 1 saturated carbocycles. The van der Waals surface area contributed by atoms with Crippen molar-refractivity contribution in [3.05, 3.63) is 23.8 Å². The van der Waals surface area contributed by atoms with Gasteiger partial charge < -0.3 is 14.6 Å². The Bertz CT molecular complexity index is 471. The number of aliphatic hydroxyl groups excluding tert-OH is 1. The number of ketones is 1. The molecule has 1 fully saturated rings. The Balaban J connectivity index is 1.90. The second-order valence-corrected chi connectivity index (χ2v) is 4.98. The lowest BCUT2D eigenvalue weighted by Gasteiger charge is -2.38. The summed E-state index contributed by atoms with van der Waals surface area (Å²) in [7, 11) is 0. The molecule has 0 spiro atoms. The summed E-state index contributed by atoms with van der Waals surface area (Å²) in [4.78, 5) is 12.4. The number of benzene rings is 1. The Morgan fingerprint density at radius 1 is 1.22 bits per heavy atom. The van der Waals surface area contributed by atoms with E-state index >= 15 is 0 Å². The maximum Gasteiger partial charge on any atom is 0.171 e. The van der Waals surface area contributed by atoms with E-state index in [0.29, 0.717) is 30.3 Å². The van der Waals surface area contributed by atoms with Crippen molar-refractivity contribution >= 4 is 5.78 Å². The van der Waals surface area contributed by atoms with Gasteiger partial charge in [-0.05, 0) is 31.0 Å². The van der Waals surface area contributed by atoms with Gasteiger partial charge in [0.2, 0.25) is 0 Å². The summed E-state index contributed by atoms with van der Waals surface area (Å²) in [5.41, 5.74) is 0.0528. The van der Waals surface area contributed by atoms with Crippen LogP contribution in [0.5, 0.6) is 11.5 Å². The van der Waals surface area contributed by atoms with Crippen LogP contribution in [0.25, 0.3) is 0 Å². The standard InChI is InChI=1S/C14H16O4/c15-9-14(4-1-5-14)13(16)10-2-3-11-12(8-10)18-7-6-17-11/h2-3,8,15H,1,4-7,9H2. The lowest BCUT2D eigenvalue weighted by molar-refractivity contribution is 0.0347. The molecule has 0 bridgehead atoms. The quantitative estimate of drug-likeness (QED) is 0.829. The Morgan fingerprint density at radius 2 is 1.94 bits per heavy atom. The minimum Gasteiger partial charge on any atom is -0.486 e. The number of hydrogen-bond acceptors (Lipinski definition) is 4. The number of rotatable bonds is 3. The predicted octanol–water partition coefficient (Wildman–Crippen LogP) is 1.80. The SMILES string of the molecule is O=C(c1ccc2c(c1)OCCO2)C1(CO)CCC1. The average Bonchev–Trinajstić information content (AvgIpc) is 2.37. The molecule has 1 aliphatic heterocycles. The molecular weight excluding hydrogens is 232 g/mol. The molecule has 18 heavy (non-hydrogen) atoms. The van der Waals surface area contributed by atoms with Crippen LogP contribution in [0.15, 0.2) is 18.2 Å². The first-order chi connectivity index (χ1) is 8.75. The molecule has 0 unspecified atom stereocenters. The molecule has 1 aromatic carbocycles. The first-order valence-corrected chi connectivity index (χ1v) is 6.30. The van der Waals surface area contributed by atoms with E-state index in [1.54, 1.807) is 18.2 Å². The Hall–Kier alpha value is -1.55. The lowest BCUT2D eigenvalue weighted by Crippen LogP contribution is -2.41. The molecule has 1 aromatic rings. The summed E-state index contributed by atoms with van der Waals surface area (Å²) in [6.07, 6.45) is 2.56. The number of ether oxygens (including phenoxy) is 2. The zero-order chi connectivity index (χ0) is 12.6. The molecule has 1 heterocycles. The van der Waals surface area contributed by atoms with E-state index in [1.165, 1.54) is 0 Å². The highest BCUT2D eigenvalue weighted by Crippen LogP contribution is 2.44. The summed E-state index contributed by atoms with van der Waals surface area (Å²) in [5, 5.41) is 9.43. The number of fused-ring (bicyclic) bond motifs is 1. The summed E-state index contributed by atoms with van der Waals surface area (Å²) in [6.45, 7) is 0.983. The third kappa shape index (κ3) is 1.68. The third-order valence-corrected chi connectivity index (χ3v) is 3.90. The second-order valence-electron chi connectivity index (χ2n) is 4.98. The number of aliphatic hydroxyl groups is 1. The molecule has 96 valence electrons. The normalized spacial score (nSPS) is 20.1. The first kappa shape index (κ1) is 11.5. The van der Waals surface area contributed by atoms with Crippen molar-refractivity contribution < 1.29 is 19.4 Å². The number of Topliss-reactive ketones (excluding diaryl/α,β-unsaturated/α-hetero) is 1. The van der Waals surface area contributed by atoms with Crippen molar-refractivity contribution in [3.8, 4) is 11.5 Å². The minimum atomic E-state index is -0.552. The minimum absolute atomic E-state index is 0.0215. The molecule has 4 heteroatoms. The van der Waals surface area contributed by atoms with Crippen molar-refractivity contribution in [1.29, 1.82) is 0 Å². The lowest BCUT2D eigenvalue weighted by atomic mass is 9.65. The van der Waals surface area contributed by atoms with Crippen LogP contribution in [0, 0.1) is 5.41 Å². The van der Waals surface area contributed by atoms with Gasteiger partial charge in [-0.15, -0.1) is 0 Å². The van der Waals surface area contributed by atoms with Gasteiger partial charge in [-0.1, -0.05) is 6.42 Å². The number of carbonyl (C=O) groups excluding carboxylic acids is 1. The maximum atomic E-state index is 12.4. The third-order valence-electron chi connectivity index (χ3n) is 3.90.